The molecule has 0 radical (unpaired) electrons. The standard InChI is InChI=1S/C15H23BrN2O2/c1-12(19)10-17-6-8-18(9-7-17)11-15(20)13-2-4-14(16)5-3-13/h2-5,12,15,19-20H,6-11H2,1H3/t12-,15+/m1/s1. The van der Waals surface area contributed by atoms with Crippen molar-refractivity contribution in [3.8, 4) is 0 Å². The maximum Gasteiger partial charge on any atom is 0.0916 e. The average Bonchev–Trinajstić information content (AvgIpc) is 2.41. The fourth-order valence-corrected chi connectivity index (χ4v) is 2.83. The van der Waals surface area contributed by atoms with Crippen LogP contribution in [0.15, 0.2) is 28.7 Å². The molecule has 4 nitrogen and oxygen atoms in total. The second-order valence-corrected chi connectivity index (χ2v) is 6.43. The lowest BCUT2D eigenvalue weighted by Crippen LogP contribution is -2.49. The molecule has 1 aliphatic rings. The van der Waals surface area contributed by atoms with Crippen molar-refractivity contribution in [1.82, 2.24) is 9.80 Å². The summed E-state index contributed by atoms with van der Waals surface area (Å²) in [7, 11) is 0. The van der Waals surface area contributed by atoms with Gasteiger partial charge in [-0.2, -0.15) is 0 Å². The molecule has 0 aliphatic carbocycles. The number of piperazine rings is 1. The minimum absolute atomic E-state index is 0.269. The molecule has 1 aliphatic heterocycles. The van der Waals surface area contributed by atoms with Crippen LogP contribution in [0, 0.1) is 0 Å². The van der Waals surface area contributed by atoms with Gasteiger partial charge in [-0.15, -0.1) is 0 Å². The Hall–Kier alpha value is -0.460. The monoisotopic (exact) mass is 342 g/mol. The Kier molecular flexibility index (Phi) is 5.99. The molecule has 1 aromatic carbocycles. The van der Waals surface area contributed by atoms with E-state index in [0.717, 1.165) is 42.8 Å². The summed E-state index contributed by atoms with van der Waals surface area (Å²) in [4.78, 5) is 4.55. The fourth-order valence-electron chi connectivity index (χ4n) is 2.56. The van der Waals surface area contributed by atoms with Gasteiger partial charge in [0.2, 0.25) is 0 Å². The van der Waals surface area contributed by atoms with Gasteiger partial charge in [0.15, 0.2) is 0 Å². The molecule has 20 heavy (non-hydrogen) atoms. The number of β-amino-alcohol motifs (C(OH)–C–C–N with tert-alkyl or cyclic N) is 2. The van der Waals surface area contributed by atoms with Gasteiger partial charge < -0.3 is 10.2 Å². The van der Waals surface area contributed by atoms with Crippen LogP contribution in [0.25, 0.3) is 0 Å². The molecule has 1 heterocycles. The van der Waals surface area contributed by atoms with Crippen molar-refractivity contribution in [2.75, 3.05) is 39.3 Å². The molecule has 2 atom stereocenters. The quantitative estimate of drug-likeness (QED) is 0.850. The number of nitrogens with zero attached hydrogens (tertiary/aromatic N) is 2. The topological polar surface area (TPSA) is 46.9 Å². The number of benzene rings is 1. The molecule has 2 rings (SSSR count). The van der Waals surface area contributed by atoms with Gasteiger partial charge >= 0.3 is 0 Å². The highest BCUT2D eigenvalue weighted by molar-refractivity contribution is 9.10. The summed E-state index contributed by atoms with van der Waals surface area (Å²) < 4.78 is 1.03. The maximum atomic E-state index is 10.3. The first-order chi connectivity index (χ1) is 9.54. The van der Waals surface area contributed by atoms with E-state index in [4.69, 9.17) is 0 Å². The van der Waals surface area contributed by atoms with Crippen LogP contribution in [-0.4, -0.2) is 65.4 Å². The van der Waals surface area contributed by atoms with Gasteiger partial charge in [0, 0.05) is 43.7 Å². The first kappa shape index (κ1) is 15.9. The van der Waals surface area contributed by atoms with Crippen LogP contribution < -0.4 is 0 Å². The minimum Gasteiger partial charge on any atom is -0.392 e. The number of halogens is 1. The zero-order valence-electron chi connectivity index (χ0n) is 11.9. The molecule has 1 fully saturated rings. The van der Waals surface area contributed by atoms with Crippen molar-refractivity contribution >= 4 is 15.9 Å². The highest BCUT2D eigenvalue weighted by Gasteiger charge is 2.20. The van der Waals surface area contributed by atoms with E-state index in [2.05, 4.69) is 25.7 Å². The summed E-state index contributed by atoms with van der Waals surface area (Å²) in [6.45, 7) is 7.04. The van der Waals surface area contributed by atoms with Crippen molar-refractivity contribution < 1.29 is 10.2 Å². The van der Waals surface area contributed by atoms with Gasteiger partial charge in [0.1, 0.15) is 0 Å². The maximum absolute atomic E-state index is 10.3. The van der Waals surface area contributed by atoms with Gasteiger partial charge in [-0.25, -0.2) is 0 Å². The smallest absolute Gasteiger partial charge is 0.0916 e. The summed E-state index contributed by atoms with van der Waals surface area (Å²) in [5, 5.41) is 19.7. The fraction of sp³-hybridized carbons (Fsp3) is 0.600. The number of aliphatic hydroxyl groups is 2. The third-order valence-corrected chi connectivity index (χ3v) is 4.20. The van der Waals surface area contributed by atoms with Gasteiger partial charge in [-0.1, -0.05) is 28.1 Å². The van der Waals surface area contributed by atoms with Crippen molar-refractivity contribution in [1.29, 1.82) is 0 Å². The number of hydrogen-bond donors (Lipinski definition) is 2. The normalized spacial score (nSPS) is 20.8. The Bertz CT molecular complexity index is 403. The SMILES string of the molecule is C[C@@H](O)CN1CCN(C[C@H](O)c2ccc(Br)cc2)CC1. The molecule has 0 bridgehead atoms. The highest BCUT2D eigenvalue weighted by Crippen LogP contribution is 2.18. The lowest BCUT2D eigenvalue weighted by atomic mass is 10.1. The Morgan fingerprint density at radius 2 is 1.50 bits per heavy atom. The van der Waals surface area contributed by atoms with E-state index in [1.54, 1.807) is 0 Å². The lowest BCUT2D eigenvalue weighted by Gasteiger charge is -2.36. The van der Waals surface area contributed by atoms with Crippen molar-refractivity contribution in [3.63, 3.8) is 0 Å². The van der Waals surface area contributed by atoms with Crippen LogP contribution in [0.1, 0.15) is 18.6 Å². The van der Waals surface area contributed by atoms with Gasteiger partial charge in [-0.3, -0.25) is 9.80 Å². The second-order valence-electron chi connectivity index (χ2n) is 5.52. The summed E-state index contributed by atoms with van der Waals surface area (Å²) in [6.07, 6.45) is -0.707. The van der Waals surface area contributed by atoms with Gasteiger partial charge in [0.05, 0.1) is 12.2 Å². The predicted molar refractivity (Wildman–Crippen MR) is 83.7 cm³/mol. The molecular formula is C15H23BrN2O2. The molecule has 5 heteroatoms. The van der Waals surface area contributed by atoms with Gasteiger partial charge in [0.25, 0.3) is 0 Å². The second kappa shape index (κ2) is 7.52. The van der Waals surface area contributed by atoms with Crippen LogP contribution >= 0.6 is 15.9 Å². The van der Waals surface area contributed by atoms with Gasteiger partial charge in [-0.05, 0) is 24.6 Å². The van der Waals surface area contributed by atoms with E-state index in [-0.39, 0.29) is 6.10 Å². The van der Waals surface area contributed by atoms with Crippen molar-refractivity contribution in [2.24, 2.45) is 0 Å². The first-order valence-electron chi connectivity index (χ1n) is 7.11. The Morgan fingerprint density at radius 1 is 1.00 bits per heavy atom. The van der Waals surface area contributed by atoms with Crippen molar-refractivity contribution in [2.45, 2.75) is 19.1 Å². The van der Waals surface area contributed by atoms with E-state index in [1.807, 2.05) is 31.2 Å². The minimum atomic E-state index is -0.439. The van der Waals surface area contributed by atoms with E-state index in [9.17, 15) is 10.2 Å². The molecule has 0 saturated carbocycles. The largest absolute Gasteiger partial charge is 0.392 e. The molecule has 0 unspecified atom stereocenters. The zero-order chi connectivity index (χ0) is 14.5. The molecule has 0 amide bonds. The summed E-state index contributed by atoms with van der Waals surface area (Å²) in [5.74, 6) is 0. The van der Waals surface area contributed by atoms with Crippen molar-refractivity contribution in [3.05, 3.63) is 34.3 Å². The number of aliphatic hydroxyl groups excluding tert-OH is 2. The Balaban J connectivity index is 1.79. The average molecular weight is 343 g/mol. The van der Waals surface area contributed by atoms with E-state index in [0.29, 0.717) is 6.54 Å². The Morgan fingerprint density at radius 3 is 2.00 bits per heavy atom. The molecule has 1 aromatic rings. The van der Waals surface area contributed by atoms with Crippen LogP contribution in [0.4, 0.5) is 0 Å². The summed E-state index contributed by atoms with van der Waals surface area (Å²) >= 11 is 3.40. The molecular weight excluding hydrogens is 320 g/mol. The van der Waals surface area contributed by atoms with Crippen LogP contribution in [-0.2, 0) is 0 Å². The summed E-state index contributed by atoms with van der Waals surface area (Å²) in [5.41, 5.74) is 0.958. The Labute approximate surface area is 129 Å². The number of rotatable bonds is 5. The lowest BCUT2D eigenvalue weighted by molar-refractivity contribution is 0.0526. The third-order valence-electron chi connectivity index (χ3n) is 3.67. The zero-order valence-corrected chi connectivity index (χ0v) is 13.5. The molecule has 2 N–H and O–H groups in total. The molecule has 112 valence electrons. The van der Waals surface area contributed by atoms with E-state index < -0.39 is 6.10 Å². The summed E-state index contributed by atoms with van der Waals surface area (Å²) in [6, 6.07) is 7.83. The third kappa shape index (κ3) is 4.82. The predicted octanol–water partition coefficient (Wildman–Crippen LogP) is 1.48. The van der Waals surface area contributed by atoms with Crippen LogP contribution in [0.5, 0.6) is 0 Å². The highest BCUT2D eigenvalue weighted by atomic mass is 79.9. The van der Waals surface area contributed by atoms with E-state index in [1.165, 1.54) is 0 Å². The number of hydrogen-bond acceptors (Lipinski definition) is 4. The first-order valence-corrected chi connectivity index (χ1v) is 7.90. The van der Waals surface area contributed by atoms with Crippen LogP contribution in [0.3, 0.4) is 0 Å². The molecule has 1 saturated heterocycles. The molecule has 0 spiro atoms. The van der Waals surface area contributed by atoms with E-state index >= 15 is 0 Å². The molecule has 0 aromatic heterocycles. The van der Waals surface area contributed by atoms with Crippen LogP contribution in [0.2, 0.25) is 0 Å².